The van der Waals surface area contributed by atoms with Gasteiger partial charge in [-0.25, -0.2) is 4.99 Å². The zero-order chi connectivity index (χ0) is 26.6. The fourth-order valence-corrected chi connectivity index (χ4v) is 6.28. The smallest absolute Gasteiger partial charge is 0.271 e. The van der Waals surface area contributed by atoms with E-state index in [4.69, 9.17) is 9.73 Å². The van der Waals surface area contributed by atoms with E-state index in [1.807, 2.05) is 111 Å². The number of amides is 1. The van der Waals surface area contributed by atoms with Gasteiger partial charge in [0.2, 0.25) is 0 Å². The molecule has 0 saturated carbocycles. The number of aliphatic imine (C=N–C) groups is 1. The highest BCUT2D eigenvalue weighted by Crippen LogP contribution is 2.41. The molecule has 4 aromatic rings. The minimum atomic E-state index is -0.130. The van der Waals surface area contributed by atoms with Crippen molar-refractivity contribution in [3.8, 4) is 5.75 Å². The Morgan fingerprint density at radius 1 is 0.895 bits per heavy atom. The fraction of sp³-hybridized carbons (Fsp3) is 0.0968. The van der Waals surface area contributed by atoms with Crippen molar-refractivity contribution in [3.05, 3.63) is 127 Å². The van der Waals surface area contributed by atoms with Crippen LogP contribution < -0.4 is 9.64 Å². The highest BCUT2D eigenvalue weighted by Gasteiger charge is 2.35. The van der Waals surface area contributed by atoms with Gasteiger partial charge < -0.3 is 4.74 Å². The molecule has 0 spiro atoms. The predicted molar refractivity (Wildman–Crippen MR) is 165 cm³/mol. The molecule has 1 aliphatic rings. The summed E-state index contributed by atoms with van der Waals surface area (Å²) in [5, 5.41) is 0.606. The molecule has 0 unspecified atom stereocenters. The summed E-state index contributed by atoms with van der Waals surface area (Å²) in [4.78, 5) is 20.9. The van der Waals surface area contributed by atoms with Crippen molar-refractivity contribution in [2.45, 2.75) is 20.5 Å². The van der Waals surface area contributed by atoms with Gasteiger partial charge in [-0.3, -0.25) is 9.69 Å². The molecule has 38 heavy (non-hydrogen) atoms. The van der Waals surface area contributed by atoms with E-state index in [9.17, 15) is 4.79 Å². The van der Waals surface area contributed by atoms with Crippen molar-refractivity contribution in [3.63, 3.8) is 0 Å². The number of ether oxygens (including phenoxy) is 1. The SMILES string of the molecule is Cc1ccc(N=C2S/C(=C\c3cc(Br)cc(Br)c3OCc3ccccc3)C(=O)N2c2ccc(C)cc2)cc1. The number of carbonyl (C=O) groups is 1. The first kappa shape index (κ1) is 26.5. The Morgan fingerprint density at radius 2 is 1.55 bits per heavy atom. The van der Waals surface area contributed by atoms with Gasteiger partial charge in [-0.1, -0.05) is 81.7 Å². The van der Waals surface area contributed by atoms with Gasteiger partial charge in [0, 0.05) is 10.0 Å². The molecular weight excluding hydrogens is 624 g/mol. The maximum atomic E-state index is 13.8. The Morgan fingerprint density at radius 3 is 2.24 bits per heavy atom. The van der Waals surface area contributed by atoms with Gasteiger partial charge in [0.05, 0.1) is 20.8 Å². The summed E-state index contributed by atoms with van der Waals surface area (Å²) in [6.45, 7) is 4.48. The third-order valence-corrected chi connectivity index (χ3v) is 7.92. The number of aryl methyl sites for hydroxylation is 2. The predicted octanol–water partition coefficient (Wildman–Crippen LogP) is 9.22. The summed E-state index contributed by atoms with van der Waals surface area (Å²) in [7, 11) is 0. The number of halogens is 2. The van der Waals surface area contributed by atoms with Crippen LogP contribution in [0.2, 0.25) is 0 Å². The van der Waals surface area contributed by atoms with E-state index in [0.29, 0.717) is 22.4 Å². The van der Waals surface area contributed by atoms with E-state index in [1.165, 1.54) is 11.8 Å². The molecule has 5 rings (SSSR count). The number of thioether (sulfide) groups is 1. The molecule has 1 heterocycles. The molecule has 0 N–H and O–H groups in total. The number of amidine groups is 1. The lowest BCUT2D eigenvalue weighted by Crippen LogP contribution is -2.28. The Balaban J connectivity index is 1.54. The Labute approximate surface area is 243 Å². The molecule has 1 fully saturated rings. The summed E-state index contributed by atoms with van der Waals surface area (Å²) in [5.74, 6) is 0.540. The third-order valence-electron chi connectivity index (χ3n) is 5.91. The number of hydrogen-bond acceptors (Lipinski definition) is 4. The summed E-state index contributed by atoms with van der Waals surface area (Å²) in [6.07, 6.45) is 1.88. The quantitative estimate of drug-likeness (QED) is 0.196. The molecule has 4 nitrogen and oxygen atoms in total. The molecule has 0 aliphatic carbocycles. The number of benzene rings is 4. The van der Waals surface area contributed by atoms with E-state index in [2.05, 4.69) is 31.9 Å². The molecule has 4 aromatic carbocycles. The van der Waals surface area contributed by atoms with Crippen LogP contribution >= 0.6 is 43.6 Å². The first-order chi connectivity index (χ1) is 18.4. The zero-order valence-corrected chi connectivity index (χ0v) is 24.8. The van der Waals surface area contributed by atoms with Gasteiger partial charge in [0.25, 0.3) is 5.91 Å². The van der Waals surface area contributed by atoms with E-state index >= 15 is 0 Å². The maximum absolute atomic E-state index is 13.8. The fourth-order valence-electron chi connectivity index (χ4n) is 3.91. The second-order valence-electron chi connectivity index (χ2n) is 8.90. The third kappa shape index (κ3) is 6.12. The summed E-state index contributed by atoms with van der Waals surface area (Å²) < 4.78 is 7.91. The summed E-state index contributed by atoms with van der Waals surface area (Å²) in [5.41, 5.74) is 5.70. The molecule has 1 aliphatic heterocycles. The van der Waals surface area contributed by atoms with E-state index in [1.54, 1.807) is 4.90 Å². The van der Waals surface area contributed by atoms with Crippen molar-refractivity contribution in [1.82, 2.24) is 0 Å². The van der Waals surface area contributed by atoms with Crippen molar-refractivity contribution >= 4 is 72.1 Å². The molecule has 0 atom stereocenters. The average Bonchev–Trinajstić information content (AvgIpc) is 3.20. The molecule has 0 bridgehead atoms. The molecule has 1 amide bonds. The highest BCUT2D eigenvalue weighted by atomic mass is 79.9. The number of nitrogens with zero attached hydrogens (tertiary/aromatic N) is 2. The van der Waals surface area contributed by atoms with Crippen LogP contribution in [0, 0.1) is 13.8 Å². The first-order valence-electron chi connectivity index (χ1n) is 12.0. The Bertz CT molecular complexity index is 1530. The minimum Gasteiger partial charge on any atom is -0.487 e. The van der Waals surface area contributed by atoms with E-state index in [0.717, 1.165) is 42.6 Å². The van der Waals surface area contributed by atoms with Crippen LogP contribution in [0.1, 0.15) is 22.3 Å². The van der Waals surface area contributed by atoms with Gasteiger partial charge in [0.15, 0.2) is 5.17 Å². The van der Waals surface area contributed by atoms with Gasteiger partial charge in [-0.15, -0.1) is 0 Å². The maximum Gasteiger partial charge on any atom is 0.271 e. The van der Waals surface area contributed by atoms with Gasteiger partial charge in [-0.2, -0.15) is 0 Å². The summed E-state index contributed by atoms with van der Waals surface area (Å²) >= 11 is 8.58. The standard InChI is InChI=1S/C31H24Br2N2O2S/c1-20-8-12-25(13-9-20)34-31-35(26-14-10-21(2)11-15-26)30(36)28(38-31)17-23-16-24(32)18-27(33)29(23)37-19-22-6-4-3-5-7-22/h3-18H,19H2,1-2H3/b28-17-,34-31?. The van der Waals surface area contributed by atoms with Gasteiger partial charge >= 0.3 is 0 Å². The van der Waals surface area contributed by atoms with Crippen LogP contribution in [-0.4, -0.2) is 11.1 Å². The van der Waals surface area contributed by atoms with Crippen LogP contribution in [0.5, 0.6) is 5.75 Å². The second-order valence-corrected chi connectivity index (χ2v) is 11.7. The summed E-state index contributed by atoms with van der Waals surface area (Å²) in [6, 6.07) is 29.7. The topological polar surface area (TPSA) is 41.9 Å². The lowest BCUT2D eigenvalue weighted by Gasteiger charge is -2.16. The monoisotopic (exact) mass is 646 g/mol. The molecular formula is C31H24Br2N2O2S. The van der Waals surface area contributed by atoms with Crippen molar-refractivity contribution in [2.24, 2.45) is 4.99 Å². The number of rotatable bonds is 6. The van der Waals surface area contributed by atoms with Crippen LogP contribution in [-0.2, 0) is 11.4 Å². The second kappa shape index (κ2) is 11.7. The van der Waals surface area contributed by atoms with Crippen molar-refractivity contribution in [2.75, 3.05) is 4.90 Å². The largest absolute Gasteiger partial charge is 0.487 e. The zero-order valence-electron chi connectivity index (χ0n) is 20.8. The molecule has 7 heteroatoms. The van der Waals surface area contributed by atoms with Gasteiger partial charge in [-0.05, 0) is 89.6 Å². The van der Waals surface area contributed by atoms with Crippen LogP contribution in [0.25, 0.3) is 6.08 Å². The van der Waals surface area contributed by atoms with Crippen molar-refractivity contribution in [1.29, 1.82) is 0 Å². The minimum absolute atomic E-state index is 0.130. The van der Waals surface area contributed by atoms with Crippen LogP contribution in [0.4, 0.5) is 11.4 Å². The van der Waals surface area contributed by atoms with Crippen LogP contribution in [0.15, 0.2) is 110 Å². The Kier molecular flexibility index (Phi) is 8.17. The van der Waals surface area contributed by atoms with E-state index in [-0.39, 0.29) is 5.91 Å². The molecule has 190 valence electrons. The number of anilines is 1. The lowest BCUT2D eigenvalue weighted by atomic mass is 10.1. The number of hydrogen-bond donors (Lipinski definition) is 0. The molecule has 1 saturated heterocycles. The number of carbonyl (C=O) groups excluding carboxylic acids is 1. The Hall–Kier alpha value is -3.13. The molecule has 0 radical (unpaired) electrons. The normalized spacial score (nSPS) is 15.5. The van der Waals surface area contributed by atoms with Crippen LogP contribution in [0.3, 0.4) is 0 Å². The molecule has 0 aromatic heterocycles. The van der Waals surface area contributed by atoms with E-state index < -0.39 is 0 Å². The first-order valence-corrected chi connectivity index (χ1v) is 14.4. The highest BCUT2D eigenvalue weighted by molar-refractivity contribution is 9.11. The van der Waals surface area contributed by atoms with Crippen molar-refractivity contribution < 1.29 is 9.53 Å². The average molecular weight is 648 g/mol. The van der Waals surface area contributed by atoms with Gasteiger partial charge in [0.1, 0.15) is 12.4 Å². The lowest BCUT2D eigenvalue weighted by molar-refractivity contribution is -0.113.